The number of carbonyl (C=O) groups excluding carboxylic acids is 1. The molecule has 0 aliphatic rings. The highest BCUT2D eigenvalue weighted by Crippen LogP contribution is 2.17. The summed E-state index contributed by atoms with van der Waals surface area (Å²) in [5.41, 5.74) is 3.16. The predicted octanol–water partition coefficient (Wildman–Crippen LogP) is 2.88. The van der Waals surface area contributed by atoms with Gasteiger partial charge in [0, 0.05) is 26.2 Å². The minimum atomic E-state index is 0.0383. The van der Waals surface area contributed by atoms with E-state index in [4.69, 9.17) is 0 Å². The highest BCUT2D eigenvalue weighted by atomic mass is 16.1. The number of carbonyl (C=O) groups is 1. The lowest BCUT2D eigenvalue weighted by atomic mass is 10.1. The van der Waals surface area contributed by atoms with Crippen LogP contribution in [0.5, 0.6) is 0 Å². The van der Waals surface area contributed by atoms with Crippen LogP contribution in [-0.4, -0.2) is 24.9 Å². The average Bonchev–Trinajstić information content (AvgIpc) is 2.29. The van der Waals surface area contributed by atoms with E-state index in [1.807, 2.05) is 56.4 Å². The number of nitrogens with zero attached hydrogens (tertiary/aromatic N) is 1. The number of nitrogens with one attached hydrogen (secondary N) is 1. The first kappa shape index (κ1) is 13.3. The smallest absolute Gasteiger partial charge is 0.224 e. The Kier molecular flexibility index (Phi) is 4.76. The van der Waals surface area contributed by atoms with Gasteiger partial charge in [-0.05, 0) is 42.5 Å². The SMILES string of the molecule is CCC(=O)Nc1ccc(C)c(/C=C\N(C)C)c1. The molecule has 0 radical (unpaired) electrons. The third-order valence-corrected chi connectivity index (χ3v) is 2.44. The van der Waals surface area contributed by atoms with Crippen molar-refractivity contribution >= 4 is 17.7 Å². The van der Waals surface area contributed by atoms with Crippen LogP contribution in [0.1, 0.15) is 24.5 Å². The van der Waals surface area contributed by atoms with E-state index in [1.54, 1.807) is 0 Å². The molecule has 0 aromatic heterocycles. The summed E-state index contributed by atoms with van der Waals surface area (Å²) in [6.07, 6.45) is 4.53. The number of hydrogen-bond donors (Lipinski definition) is 1. The summed E-state index contributed by atoms with van der Waals surface area (Å²) in [4.78, 5) is 13.3. The summed E-state index contributed by atoms with van der Waals surface area (Å²) in [5.74, 6) is 0.0383. The van der Waals surface area contributed by atoms with Crippen molar-refractivity contribution in [2.75, 3.05) is 19.4 Å². The summed E-state index contributed by atoms with van der Waals surface area (Å²) < 4.78 is 0. The first-order valence-corrected chi connectivity index (χ1v) is 5.78. The third kappa shape index (κ3) is 4.31. The van der Waals surface area contributed by atoms with Crippen LogP contribution in [0, 0.1) is 6.92 Å². The van der Waals surface area contributed by atoms with E-state index in [1.165, 1.54) is 5.56 Å². The van der Waals surface area contributed by atoms with Gasteiger partial charge in [0.05, 0.1) is 0 Å². The molecule has 1 N–H and O–H groups in total. The minimum Gasteiger partial charge on any atom is -0.383 e. The standard InChI is InChI=1S/C14H20N2O/c1-5-14(17)15-13-7-6-11(2)12(10-13)8-9-16(3)4/h6-10H,5H2,1-4H3,(H,15,17)/b9-8-. The Hall–Kier alpha value is -1.77. The van der Waals surface area contributed by atoms with Crippen molar-refractivity contribution in [1.82, 2.24) is 4.90 Å². The van der Waals surface area contributed by atoms with Gasteiger partial charge in [-0.1, -0.05) is 13.0 Å². The van der Waals surface area contributed by atoms with Crippen molar-refractivity contribution in [3.63, 3.8) is 0 Å². The van der Waals surface area contributed by atoms with Crippen molar-refractivity contribution in [3.8, 4) is 0 Å². The molecular formula is C14H20N2O. The van der Waals surface area contributed by atoms with Gasteiger partial charge in [0.1, 0.15) is 0 Å². The second-order valence-corrected chi connectivity index (χ2v) is 4.25. The van der Waals surface area contributed by atoms with Gasteiger partial charge in [-0.25, -0.2) is 0 Å². The molecule has 1 amide bonds. The molecule has 0 unspecified atom stereocenters. The third-order valence-electron chi connectivity index (χ3n) is 2.44. The maximum atomic E-state index is 11.3. The van der Waals surface area contributed by atoms with E-state index in [0.29, 0.717) is 6.42 Å². The molecule has 0 aliphatic heterocycles. The lowest BCUT2D eigenvalue weighted by Crippen LogP contribution is -2.09. The molecule has 0 bridgehead atoms. The van der Waals surface area contributed by atoms with E-state index in [9.17, 15) is 4.79 Å². The van der Waals surface area contributed by atoms with Crippen molar-refractivity contribution in [1.29, 1.82) is 0 Å². The molecule has 1 aromatic carbocycles. The van der Waals surface area contributed by atoms with Crippen LogP contribution in [-0.2, 0) is 4.79 Å². The summed E-state index contributed by atoms with van der Waals surface area (Å²) in [5, 5.41) is 2.86. The number of rotatable bonds is 4. The lowest BCUT2D eigenvalue weighted by Gasteiger charge is -2.08. The Morgan fingerprint density at radius 1 is 1.41 bits per heavy atom. The van der Waals surface area contributed by atoms with E-state index in [0.717, 1.165) is 11.3 Å². The van der Waals surface area contributed by atoms with Gasteiger partial charge in [-0.2, -0.15) is 0 Å². The van der Waals surface area contributed by atoms with E-state index in [2.05, 4.69) is 12.2 Å². The summed E-state index contributed by atoms with van der Waals surface area (Å²) in [7, 11) is 3.96. The van der Waals surface area contributed by atoms with Crippen LogP contribution >= 0.6 is 0 Å². The van der Waals surface area contributed by atoms with Gasteiger partial charge < -0.3 is 10.2 Å². The second kappa shape index (κ2) is 6.09. The molecule has 0 atom stereocenters. The fraction of sp³-hybridized carbons (Fsp3) is 0.357. The van der Waals surface area contributed by atoms with E-state index >= 15 is 0 Å². The van der Waals surface area contributed by atoms with Crippen LogP contribution in [0.15, 0.2) is 24.4 Å². The number of amides is 1. The molecule has 3 heteroatoms. The second-order valence-electron chi connectivity index (χ2n) is 4.25. The molecule has 0 saturated carbocycles. The van der Waals surface area contributed by atoms with Crippen LogP contribution in [0.25, 0.3) is 6.08 Å². The molecule has 3 nitrogen and oxygen atoms in total. The number of benzene rings is 1. The molecule has 17 heavy (non-hydrogen) atoms. The van der Waals surface area contributed by atoms with Gasteiger partial charge in [0.15, 0.2) is 0 Å². The Bertz CT molecular complexity index is 422. The van der Waals surface area contributed by atoms with Gasteiger partial charge in [-0.3, -0.25) is 4.79 Å². The first-order valence-electron chi connectivity index (χ1n) is 5.78. The zero-order valence-corrected chi connectivity index (χ0v) is 10.9. The van der Waals surface area contributed by atoms with E-state index in [-0.39, 0.29) is 5.91 Å². The Morgan fingerprint density at radius 2 is 2.12 bits per heavy atom. The van der Waals surface area contributed by atoms with Gasteiger partial charge in [-0.15, -0.1) is 0 Å². The van der Waals surface area contributed by atoms with Gasteiger partial charge >= 0.3 is 0 Å². The fourth-order valence-corrected chi connectivity index (χ4v) is 1.38. The molecule has 0 spiro atoms. The highest BCUT2D eigenvalue weighted by Gasteiger charge is 2.01. The first-order chi connectivity index (χ1) is 8.02. The molecule has 0 fully saturated rings. The van der Waals surface area contributed by atoms with Crippen molar-refractivity contribution in [3.05, 3.63) is 35.5 Å². The zero-order valence-electron chi connectivity index (χ0n) is 10.9. The van der Waals surface area contributed by atoms with Gasteiger partial charge in [0.25, 0.3) is 0 Å². The molecule has 92 valence electrons. The minimum absolute atomic E-state index is 0.0383. The number of aryl methyl sites for hydroxylation is 1. The Labute approximate surface area is 103 Å². The molecule has 1 aromatic rings. The van der Waals surface area contributed by atoms with Crippen LogP contribution < -0.4 is 5.32 Å². The Balaban J connectivity index is 2.90. The van der Waals surface area contributed by atoms with E-state index < -0.39 is 0 Å². The average molecular weight is 232 g/mol. The van der Waals surface area contributed by atoms with Crippen LogP contribution in [0.3, 0.4) is 0 Å². The maximum Gasteiger partial charge on any atom is 0.224 e. The normalized spacial score (nSPS) is 10.6. The zero-order chi connectivity index (χ0) is 12.8. The number of hydrogen-bond acceptors (Lipinski definition) is 2. The molecule has 0 heterocycles. The highest BCUT2D eigenvalue weighted by molar-refractivity contribution is 5.90. The largest absolute Gasteiger partial charge is 0.383 e. The molecule has 1 rings (SSSR count). The lowest BCUT2D eigenvalue weighted by molar-refractivity contribution is -0.115. The molecule has 0 saturated heterocycles. The topological polar surface area (TPSA) is 32.3 Å². The molecular weight excluding hydrogens is 212 g/mol. The molecule has 0 aliphatic carbocycles. The van der Waals surface area contributed by atoms with Gasteiger partial charge in [0.2, 0.25) is 5.91 Å². The summed E-state index contributed by atoms with van der Waals surface area (Å²) in [6, 6.07) is 5.93. The van der Waals surface area contributed by atoms with Crippen molar-refractivity contribution < 1.29 is 4.79 Å². The Morgan fingerprint density at radius 3 is 2.71 bits per heavy atom. The monoisotopic (exact) mass is 232 g/mol. The van der Waals surface area contributed by atoms with Crippen molar-refractivity contribution in [2.24, 2.45) is 0 Å². The van der Waals surface area contributed by atoms with Crippen LogP contribution in [0.2, 0.25) is 0 Å². The quantitative estimate of drug-likeness (QED) is 0.865. The number of anilines is 1. The fourth-order valence-electron chi connectivity index (χ4n) is 1.38. The summed E-state index contributed by atoms with van der Waals surface area (Å²) in [6.45, 7) is 3.90. The summed E-state index contributed by atoms with van der Waals surface area (Å²) >= 11 is 0. The maximum absolute atomic E-state index is 11.3. The van der Waals surface area contributed by atoms with Crippen molar-refractivity contribution in [2.45, 2.75) is 20.3 Å². The van der Waals surface area contributed by atoms with Crippen LogP contribution in [0.4, 0.5) is 5.69 Å². The predicted molar refractivity (Wildman–Crippen MR) is 72.8 cm³/mol.